The van der Waals surface area contributed by atoms with Crippen molar-refractivity contribution >= 4 is 57.3 Å². The van der Waals surface area contributed by atoms with E-state index in [1.54, 1.807) is 12.1 Å². The smallest absolute Gasteiger partial charge is 0.232 e. The van der Waals surface area contributed by atoms with Gasteiger partial charge in [0.05, 0.1) is 22.8 Å². The second kappa shape index (κ2) is 8.77. The number of hydrogen-bond acceptors (Lipinski definition) is 3. The van der Waals surface area contributed by atoms with E-state index < -0.39 is 3.79 Å². The summed E-state index contributed by atoms with van der Waals surface area (Å²) < 4.78 is 4.32. The summed E-state index contributed by atoms with van der Waals surface area (Å²) in [5, 5.41) is 1.31. The van der Waals surface area contributed by atoms with Crippen molar-refractivity contribution in [2.45, 2.75) is 24.1 Å². The number of rotatable bonds is 7. The molecule has 0 N–H and O–H groups in total. The van der Waals surface area contributed by atoms with Gasteiger partial charge in [-0.15, -0.1) is 0 Å². The molecule has 1 heterocycles. The molecule has 24 heavy (non-hydrogen) atoms. The second-order valence-electron chi connectivity index (χ2n) is 5.37. The van der Waals surface area contributed by atoms with Crippen LogP contribution in [0.2, 0.25) is 5.02 Å². The first-order valence-electron chi connectivity index (χ1n) is 7.88. The maximum Gasteiger partial charge on any atom is 0.232 e. The number of benzene rings is 1. The molecule has 3 nitrogen and oxygen atoms in total. The number of halogens is 4. The Morgan fingerprint density at radius 2 is 1.88 bits per heavy atom. The lowest BCUT2D eigenvalue weighted by Gasteiger charge is -2.19. The first-order chi connectivity index (χ1) is 11.4. The van der Waals surface area contributed by atoms with Crippen LogP contribution in [0.4, 0.5) is 0 Å². The molecule has 0 amide bonds. The predicted octanol–water partition coefficient (Wildman–Crippen LogP) is 5.83. The van der Waals surface area contributed by atoms with Crippen LogP contribution in [-0.2, 0) is 3.79 Å². The first kappa shape index (κ1) is 19.9. The van der Waals surface area contributed by atoms with Gasteiger partial charge in [-0.2, -0.15) is 0 Å². The van der Waals surface area contributed by atoms with Crippen molar-refractivity contribution in [2.75, 3.05) is 26.2 Å². The number of ether oxygens (including phenoxy) is 1. The Balaban J connectivity index is 2.23. The molecule has 0 saturated heterocycles. The Hall–Kier alpha value is -0.450. The minimum Gasteiger partial charge on any atom is -0.493 e. The summed E-state index contributed by atoms with van der Waals surface area (Å²) in [7, 11) is 0. The van der Waals surface area contributed by atoms with Crippen LogP contribution in [0.25, 0.3) is 10.9 Å². The maximum atomic E-state index is 6.24. The van der Waals surface area contributed by atoms with E-state index in [0.29, 0.717) is 28.6 Å². The summed E-state index contributed by atoms with van der Waals surface area (Å²) in [5.41, 5.74) is 0.869. The van der Waals surface area contributed by atoms with Gasteiger partial charge in [0.25, 0.3) is 0 Å². The molecule has 0 radical (unpaired) electrons. The summed E-state index contributed by atoms with van der Waals surface area (Å²) in [4.78, 5) is 6.72. The number of hydrogen-bond donors (Lipinski definition) is 0. The summed E-state index contributed by atoms with van der Waals surface area (Å²) >= 11 is 24.2. The first-order valence-corrected chi connectivity index (χ1v) is 9.39. The van der Waals surface area contributed by atoms with Gasteiger partial charge in [-0.3, -0.25) is 0 Å². The molecule has 132 valence electrons. The Labute approximate surface area is 162 Å². The van der Waals surface area contributed by atoms with Gasteiger partial charge in [0.2, 0.25) is 3.79 Å². The summed E-state index contributed by atoms with van der Waals surface area (Å²) in [6.07, 6.45) is 0.912. The Kier molecular flexibility index (Phi) is 7.26. The number of alkyl halides is 3. The molecule has 2 aromatic rings. The highest BCUT2D eigenvalue weighted by Gasteiger charge is 2.26. The van der Waals surface area contributed by atoms with Crippen LogP contribution in [0.15, 0.2) is 24.3 Å². The van der Waals surface area contributed by atoms with Crippen molar-refractivity contribution in [1.82, 2.24) is 9.88 Å². The van der Waals surface area contributed by atoms with Gasteiger partial charge in [0.1, 0.15) is 5.75 Å². The molecule has 0 aliphatic rings. The molecule has 0 fully saturated rings. The lowest BCUT2D eigenvalue weighted by Crippen LogP contribution is -2.25. The highest BCUT2D eigenvalue weighted by Crippen LogP contribution is 2.41. The Morgan fingerprint density at radius 3 is 2.50 bits per heavy atom. The van der Waals surface area contributed by atoms with Crippen LogP contribution >= 0.6 is 46.4 Å². The van der Waals surface area contributed by atoms with Crippen LogP contribution in [0.1, 0.15) is 26.0 Å². The topological polar surface area (TPSA) is 25.4 Å². The van der Waals surface area contributed by atoms with Crippen LogP contribution in [0.5, 0.6) is 5.75 Å². The van der Waals surface area contributed by atoms with E-state index in [1.807, 2.05) is 12.1 Å². The third kappa shape index (κ3) is 5.03. The fourth-order valence-electron chi connectivity index (χ4n) is 2.46. The van der Waals surface area contributed by atoms with Crippen LogP contribution in [0, 0.1) is 0 Å². The standard InChI is InChI=1S/C17H20Cl4N2O/c1-3-23(4-2)9-6-10-24-14-11-15(17(19,20)21)22-16-12(14)7-5-8-13(16)18/h5,7-8,11H,3-4,6,9-10H2,1-2H3. The molecule has 7 heteroatoms. The summed E-state index contributed by atoms with van der Waals surface area (Å²) in [6.45, 7) is 7.91. The molecule has 1 aromatic heterocycles. The number of para-hydroxylation sites is 1. The largest absolute Gasteiger partial charge is 0.493 e. The lowest BCUT2D eigenvalue weighted by atomic mass is 10.2. The van der Waals surface area contributed by atoms with Crippen molar-refractivity contribution in [1.29, 1.82) is 0 Å². The predicted molar refractivity (Wildman–Crippen MR) is 104 cm³/mol. The quantitative estimate of drug-likeness (QED) is 0.425. The third-order valence-electron chi connectivity index (χ3n) is 3.81. The molecule has 0 unspecified atom stereocenters. The van der Waals surface area contributed by atoms with Crippen molar-refractivity contribution in [3.8, 4) is 5.75 Å². The van der Waals surface area contributed by atoms with Gasteiger partial charge in [-0.05, 0) is 31.6 Å². The molecule has 0 atom stereocenters. The van der Waals surface area contributed by atoms with E-state index in [2.05, 4.69) is 23.7 Å². The normalized spacial score (nSPS) is 12.1. The van der Waals surface area contributed by atoms with Gasteiger partial charge in [-0.25, -0.2) is 4.98 Å². The molecule has 0 aliphatic heterocycles. The summed E-state index contributed by atoms with van der Waals surface area (Å²) in [6, 6.07) is 7.17. The van der Waals surface area contributed by atoms with E-state index in [9.17, 15) is 0 Å². The van der Waals surface area contributed by atoms with E-state index in [0.717, 1.165) is 31.4 Å². The molecule has 0 bridgehead atoms. The maximum absolute atomic E-state index is 6.24. The van der Waals surface area contributed by atoms with Crippen molar-refractivity contribution in [3.05, 3.63) is 35.0 Å². The number of pyridine rings is 1. The zero-order valence-electron chi connectivity index (χ0n) is 13.7. The Bertz CT molecular complexity index is 684. The highest BCUT2D eigenvalue weighted by atomic mass is 35.6. The number of nitrogens with zero attached hydrogens (tertiary/aromatic N) is 2. The molecule has 0 spiro atoms. The fraction of sp³-hybridized carbons (Fsp3) is 0.471. The second-order valence-corrected chi connectivity index (χ2v) is 8.06. The molecular formula is C17H20Cl4N2O. The van der Waals surface area contributed by atoms with Crippen LogP contribution < -0.4 is 4.74 Å². The zero-order chi connectivity index (χ0) is 17.7. The van der Waals surface area contributed by atoms with Crippen LogP contribution in [-0.4, -0.2) is 36.1 Å². The van der Waals surface area contributed by atoms with Gasteiger partial charge in [-0.1, -0.05) is 66.3 Å². The van der Waals surface area contributed by atoms with E-state index >= 15 is 0 Å². The van der Waals surface area contributed by atoms with Crippen molar-refractivity contribution in [2.24, 2.45) is 0 Å². The monoisotopic (exact) mass is 408 g/mol. The van der Waals surface area contributed by atoms with E-state index in [-0.39, 0.29) is 0 Å². The molecule has 0 aliphatic carbocycles. The van der Waals surface area contributed by atoms with E-state index in [1.165, 1.54) is 0 Å². The molecule has 1 aromatic carbocycles. The van der Waals surface area contributed by atoms with Gasteiger partial charge < -0.3 is 9.64 Å². The molecule has 2 rings (SSSR count). The number of fused-ring (bicyclic) bond motifs is 1. The molecular weight excluding hydrogens is 390 g/mol. The van der Waals surface area contributed by atoms with Crippen molar-refractivity contribution < 1.29 is 4.74 Å². The van der Waals surface area contributed by atoms with E-state index in [4.69, 9.17) is 51.1 Å². The average Bonchev–Trinajstić information content (AvgIpc) is 2.54. The average molecular weight is 410 g/mol. The van der Waals surface area contributed by atoms with Crippen LogP contribution in [0.3, 0.4) is 0 Å². The lowest BCUT2D eigenvalue weighted by molar-refractivity contribution is 0.250. The zero-order valence-corrected chi connectivity index (χ0v) is 16.7. The van der Waals surface area contributed by atoms with Crippen molar-refractivity contribution in [3.63, 3.8) is 0 Å². The Morgan fingerprint density at radius 1 is 1.17 bits per heavy atom. The highest BCUT2D eigenvalue weighted by molar-refractivity contribution is 6.66. The summed E-state index contributed by atoms with van der Waals surface area (Å²) in [5.74, 6) is 0.628. The fourth-order valence-corrected chi connectivity index (χ4v) is 2.96. The minimum absolute atomic E-state index is 0.298. The van der Waals surface area contributed by atoms with Gasteiger partial charge in [0.15, 0.2) is 0 Å². The SMILES string of the molecule is CCN(CC)CCCOc1cc(C(Cl)(Cl)Cl)nc2c(Cl)cccc12. The third-order valence-corrected chi connectivity index (χ3v) is 4.70. The minimum atomic E-state index is -1.63. The number of aromatic nitrogens is 1. The van der Waals surface area contributed by atoms with Gasteiger partial charge in [0, 0.05) is 18.0 Å². The van der Waals surface area contributed by atoms with Gasteiger partial charge >= 0.3 is 0 Å². The molecule has 0 saturated carbocycles.